The summed E-state index contributed by atoms with van der Waals surface area (Å²) >= 11 is 0. The van der Waals surface area contributed by atoms with E-state index in [2.05, 4.69) is 20.9 Å². The molecule has 0 radical (unpaired) electrons. The number of carbonyl (C=O) groups excluding carboxylic acids is 3. The van der Waals surface area contributed by atoms with Crippen molar-refractivity contribution >= 4 is 34.5 Å². The van der Waals surface area contributed by atoms with Crippen LogP contribution in [0.3, 0.4) is 0 Å². The summed E-state index contributed by atoms with van der Waals surface area (Å²) in [6.45, 7) is 4.17. The Labute approximate surface area is 201 Å². The second-order valence-corrected chi connectivity index (χ2v) is 8.90. The van der Waals surface area contributed by atoms with E-state index in [1.54, 1.807) is 30.0 Å². The SMILES string of the molecule is CCOC(=O)N1CCC(NC(=O)C2(NC(=O)c3cc4cccc([N+](=O)[O-])c4[nH]3)CCNCC2)CC1. The van der Waals surface area contributed by atoms with E-state index in [1.807, 2.05) is 0 Å². The van der Waals surface area contributed by atoms with Gasteiger partial charge in [-0.05, 0) is 51.8 Å². The van der Waals surface area contributed by atoms with Gasteiger partial charge in [0.25, 0.3) is 11.6 Å². The number of amides is 3. The molecule has 12 nitrogen and oxygen atoms in total. The number of rotatable bonds is 6. The lowest BCUT2D eigenvalue weighted by atomic mass is 9.86. The van der Waals surface area contributed by atoms with E-state index in [1.165, 1.54) is 6.07 Å². The molecule has 0 unspecified atom stereocenters. The molecule has 0 aliphatic carbocycles. The number of fused-ring (bicyclic) bond motifs is 1. The minimum Gasteiger partial charge on any atom is -0.450 e. The number of nitro groups is 1. The van der Waals surface area contributed by atoms with Crippen molar-refractivity contribution in [2.24, 2.45) is 0 Å². The third kappa shape index (κ3) is 5.21. The third-order valence-electron chi connectivity index (χ3n) is 6.68. The average molecular weight is 487 g/mol. The van der Waals surface area contributed by atoms with E-state index in [0.717, 1.165) is 0 Å². The lowest BCUT2D eigenvalue weighted by Crippen LogP contribution is -2.64. The number of hydrogen-bond donors (Lipinski definition) is 4. The fraction of sp³-hybridized carbons (Fsp3) is 0.522. The quantitative estimate of drug-likeness (QED) is 0.357. The monoisotopic (exact) mass is 486 g/mol. The van der Waals surface area contributed by atoms with Crippen LogP contribution in [0.2, 0.25) is 0 Å². The number of carbonyl (C=O) groups is 3. The summed E-state index contributed by atoms with van der Waals surface area (Å²) in [5.74, 6) is -0.756. The number of ether oxygens (including phenoxy) is 1. The topological polar surface area (TPSA) is 159 Å². The number of nitrogens with zero attached hydrogens (tertiary/aromatic N) is 2. The summed E-state index contributed by atoms with van der Waals surface area (Å²) < 4.78 is 5.04. The number of nitro benzene ring substituents is 1. The Bertz CT molecular complexity index is 1120. The molecule has 35 heavy (non-hydrogen) atoms. The van der Waals surface area contributed by atoms with Crippen molar-refractivity contribution in [3.8, 4) is 0 Å². The zero-order valence-electron chi connectivity index (χ0n) is 19.6. The van der Waals surface area contributed by atoms with Crippen molar-refractivity contribution in [2.45, 2.75) is 44.2 Å². The molecule has 4 rings (SSSR count). The van der Waals surface area contributed by atoms with Gasteiger partial charge in [-0.1, -0.05) is 12.1 Å². The molecule has 1 aromatic carbocycles. The Morgan fingerprint density at radius 1 is 1.23 bits per heavy atom. The number of hydrogen-bond acceptors (Lipinski definition) is 7. The van der Waals surface area contributed by atoms with Gasteiger partial charge in [0.05, 0.1) is 11.5 Å². The highest BCUT2D eigenvalue weighted by Gasteiger charge is 2.42. The number of nitrogens with one attached hydrogen (secondary N) is 4. The predicted octanol–water partition coefficient (Wildman–Crippen LogP) is 1.67. The molecule has 2 aliphatic rings. The molecule has 0 atom stereocenters. The van der Waals surface area contributed by atoms with E-state index in [9.17, 15) is 24.5 Å². The molecule has 3 amide bonds. The molecular weight excluding hydrogens is 456 g/mol. The molecule has 2 aromatic rings. The zero-order chi connectivity index (χ0) is 25.0. The number of piperidine rings is 2. The van der Waals surface area contributed by atoms with Crippen LogP contribution in [0.1, 0.15) is 43.1 Å². The van der Waals surface area contributed by atoms with Gasteiger partial charge < -0.3 is 30.6 Å². The van der Waals surface area contributed by atoms with E-state index >= 15 is 0 Å². The molecule has 3 heterocycles. The first-order valence-corrected chi connectivity index (χ1v) is 11.8. The maximum Gasteiger partial charge on any atom is 0.409 e. The first-order valence-electron chi connectivity index (χ1n) is 11.8. The van der Waals surface area contributed by atoms with Crippen LogP contribution in [-0.4, -0.2) is 77.1 Å². The third-order valence-corrected chi connectivity index (χ3v) is 6.68. The van der Waals surface area contributed by atoms with Gasteiger partial charge in [-0.2, -0.15) is 0 Å². The summed E-state index contributed by atoms with van der Waals surface area (Å²) in [4.78, 5) is 53.8. The molecule has 188 valence electrons. The smallest absolute Gasteiger partial charge is 0.409 e. The van der Waals surface area contributed by atoms with E-state index < -0.39 is 16.4 Å². The van der Waals surface area contributed by atoms with E-state index in [4.69, 9.17) is 4.74 Å². The number of aromatic amines is 1. The van der Waals surface area contributed by atoms with Gasteiger partial charge in [-0.15, -0.1) is 0 Å². The van der Waals surface area contributed by atoms with Gasteiger partial charge in [0.1, 0.15) is 16.7 Å². The normalized spacial score (nSPS) is 18.1. The fourth-order valence-corrected chi connectivity index (χ4v) is 4.71. The number of non-ortho nitro benzene ring substituents is 1. The average Bonchev–Trinajstić information content (AvgIpc) is 3.30. The van der Waals surface area contributed by atoms with Crippen LogP contribution in [0.4, 0.5) is 10.5 Å². The van der Waals surface area contributed by atoms with Gasteiger partial charge in [0.2, 0.25) is 5.91 Å². The first-order chi connectivity index (χ1) is 16.8. The standard InChI is InChI=1S/C23H30N6O6/c1-2-35-22(32)28-12-6-16(7-13-28)25-21(31)23(8-10-24-11-9-23)27-20(30)17-14-15-4-3-5-18(29(33)34)19(15)26-17/h3-5,14,16,24,26H,2,6-13H2,1H3,(H,25,31)(H,27,30). The largest absolute Gasteiger partial charge is 0.450 e. The molecule has 0 bridgehead atoms. The van der Waals surface area contributed by atoms with Crippen LogP contribution in [0.15, 0.2) is 24.3 Å². The Morgan fingerprint density at radius 3 is 2.60 bits per heavy atom. The minimum atomic E-state index is -1.11. The van der Waals surface area contributed by atoms with Crippen molar-refractivity contribution in [1.82, 2.24) is 25.8 Å². The number of aromatic nitrogens is 1. The summed E-state index contributed by atoms with van der Waals surface area (Å²) in [5.41, 5.74) is -0.809. The fourth-order valence-electron chi connectivity index (χ4n) is 4.71. The number of para-hydroxylation sites is 1. The molecule has 2 saturated heterocycles. The van der Waals surface area contributed by atoms with Crippen LogP contribution in [0.5, 0.6) is 0 Å². The van der Waals surface area contributed by atoms with Crippen molar-refractivity contribution in [2.75, 3.05) is 32.8 Å². The highest BCUT2D eigenvalue weighted by atomic mass is 16.6. The summed E-state index contributed by atoms with van der Waals surface area (Å²) in [6, 6.07) is 6.05. The van der Waals surface area contributed by atoms with Gasteiger partial charge in [-0.25, -0.2) is 4.79 Å². The Morgan fingerprint density at radius 2 is 1.94 bits per heavy atom. The second-order valence-electron chi connectivity index (χ2n) is 8.90. The highest BCUT2D eigenvalue weighted by molar-refractivity contribution is 6.02. The Balaban J connectivity index is 1.46. The number of likely N-dealkylation sites (tertiary alicyclic amines) is 1. The zero-order valence-corrected chi connectivity index (χ0v) is 19.6. The molecule has 4 N–H and O–H groups in total. The molecule has 1 aromatic heterocycles. The lowest BCUT2D eigenvalue weighted by molar-refractivity contribution is -0.383. The van der Waals surface area contributed by atoms with Gasteiger partial charge in [0, 0.05) is 30.6 Å². The summed E-state index contributed by atoms with van der Waals surface area (Å²) in [6.07, 6.45) is 1.66. The lowest BCUT2D eigenvalue weighted by Gasteiger charge is -2.39. The maximum atomic E-state index is 13.4. The molecule has 2 fully saturated rings. The predicted molar refractivity (Wildman–Crippen MR) is 127 cm³/mol. The van der Waals surface area contributed by atoms with E-state index in [-0.39, 0.29) is 34.9 Å². The second kappa shape index (κ2) is 10.3. The molecule has 12 heteroatoms. The maximum absolute atomic E-state index is 13.4. The highest BCUT2D eigenvalue weighted by Crippen LogP contribution is 2.27. The van der Waals surface area contributed by atoms with Gasteiger partial charge >= 0.3 is 6.09 Å². The van der Waals surface area contributed by atoms with Crippen LogP contribution < -0.4 is 16.0 Å². The number of benzene rings is 1. The van der Waals surface area contributed by atoms with Crippen molar-refractivity contribution in [3.05, 3.63) is 40.1 Å². The first kappa shape index (κ1) is 24.5. The van der Waals surface area contributed by atoms with Crippen molar-refractivity contribution in [3.63, 3.8) is 0 Å². The van der Waals surface area contributed by atoms with Crippen LogP contribution in [0.25, 0.3) is 10.9 Å². The van der Waals surface area contributed by atoms with Crippen LogP contribution in [0, 0.1) is 10.1 Å². The van der Waals surface area contributed by atoms with Gasteiger partial charge in [-0.3, -0.25) is 19.7 Å². The summed E-state index contributed by atoms with van der Waals surface area (Å²) in [5, 5.41) is 21.1. The molecular formula is C23H30N6O6. The van der Waals surface area contributed by atoms with E-state index in [0.29, 0.717) is 63.9 Å². The van der Waals surface area contributed by atoms with Crippen molar-refractivity contribution < 1.29 is 24.0 Å². The minimum absolute atomic E-state index is 0.118. The van der Waals surface area contributed by atoms with Crippen LogP contribution >= 0.6 is 0 Å². The van der Waals surface area contributed by atoms with Gasteiger partial charge in [0.15, 0.2) is 0 Å². The summed E-state index contributed by atoms with van der Waals surface area (Å²) in [7, 11) is 0. The molecule has 0 saturated carbocycles. The molecule has 0 spiro atoms. The van der Waals surface area contributed by atoms with Crippen LogP contribution in [-0.2, 0) is 9.53 Å². The molecule has 2 aliphatic heterocycles. The number of H-pyrrole nitrogens is 1. The Kier molecular flexibility index (Phi) is 7.20. The van der Waals surface area contributed by atoms with Crippen molar-refractivity contribution in [1.29, 1.82) is 0 Å². The Hall–Kier alpha value is -3.67.